The quantitative estimate of drug-likeness (QED) is 0.915. The summed E-state index contributed by atoms with van der Waals surface area (Å²) in [7, 11) is 3.28. The van der Waals surface area contributed by atoms with Crippen molar-refractivity contribution in [2.75, 3.05) is 14.2 Å². The van der Waals surface area contributed by atoms with Crippen LogP contribution in [0.2, 0.25) is 0 Å². The summed E-state index contributed by atoms with van der Waals surface area (Å²) in [5.41, 5.74) is 7.25. The van der Waals surface area contributed by atoms with E-state index in [9.17, 15) is 0 Å². The molecule has 2 aromatic rings. The topological polar surface area (TPSA) is 62.3 Å². The summed E-state index contributed by atoms with van der Waals surface area (Å²) in [6.45, 7) is 4.13. The summed E-state index contributed by atoms with van der Waals surface area (Å²) in [5, 5.41) is 6.29. The average Bonchev–Trinajstić information content (AvgIpc) is 3.03. The Kier molecular flexibility index (Phi) is 4.11. The maximum Gasteiger partial charge on any atom is 0.161 e. The van der Waals surface area contributed by atoms with Gasteiger partial charge in [-0.1, -0.05) is 0 Å². The van der Waals surface area contributed by atoms with E-state index in [4.69, 9.17) is 15.2 Å². The molecule has 2 rings (SSSR count). The standard InChI is InChI=1S/C13H19N3O2S/c1-8(2)16-13(10(18-4)6-15-16)12(14)11-5-9(17-3)7-19-11/h5-8,12H,14H2,1-4H3. The van der Waals surface area contributed by atoms with Crippen LogP contribution in [0.5, 0.6) is 11.5 Å². The van der Waals surface area contributed by atoms with Gasteiger partial charge in [0, 0.05) is 16.3 Å². The van der Waals surface area contributed by atoms with E-state index >= 15 is 0 Å². The molecule has 1 unspecified atom stereocenters. The van der Waals surface area contributed by atoms with Crippen molar-refractivity contribution in [3.8, 4) is 11.5 Å². The largest absolute Gasteiger partial charge is 0.496 e. The minimum Gasteiger partial charge on any atom is -0.496 e. The van der Waals surface area contributed by atoms with E-state index in [1.165, 1.54) is 0 Å². The van der Waals surface area contributed by atoms with Crippen molar-refractivity contribution in [1.82, 2.24) is 9.78 Å². The Morgan fingerprint density at radius 2 is 2.05 bits per heavy atom. The number of methoxy groups -OCH3 is 2. The molecule has 0 aliphatic carbocycles. The Labute approximate surface area is 116 Å². The molecule has 0 amide bonds. The second-order valence-corrected chi connectivity index (χ2v) is 5.45. The Bertz CT molecular complexity index is 548. The fourth-order valence-electron chi connectivity index (χ4n) is 1.96. The summed E-state index contributed by atoms with van der Waals surface area (Å²) in [6, 6.07) is 1.91. The second-order valence-electron chi connectivity index (χ2n) is 4.50. The molecule has 104 valence electrons. The summed E-state index contributed by atoms with van der Waals surface area (Å²) in [4.78, 5) is 1.03. The van der Waals surface area contributed by atoms with Crippen LogP contribution in [0.1, 0.15) is 36.5 Å². The molecule has 2 heterocycles. The predicted octanol–water partition coefficient (Wildman–Crippen LogP) is 2.59. The van der Waals surface area contributed by atoms with Crippen LogP contribution in [0.4, 0.5) is 0 Å². The van der Waals surface area contributed by atoms with Crippen LogP contribution in [0.15, 0.2) is 17.6 Å². The summed E-state index contributed by atoms with van der Waals surface area (Å²) < 4.78 is 12.5. The van der Waals surface area contributed by atoms with E-state index in [2.05, 4.69) is 18.9 Å². The van der Waals surface area contributed by atoms with Crippen LogP contribution >= 0.6 is 11.3 Å². The fourth-order valence-corrected chi connectivity index (χ4v) is 2.82. The molecule has 0 saturated carbocycles. The summed E-state index contributed by atoms with van der Waals surface area (Å²) in [5.74, 6) is 1.54. The molecule has 5 nitrogen and oxygen atoms in total. The third-order valence-electron chi connectivity index (χ3n) is 2.94. The highest BCUT2D eigenvalue weighted by atomic mass is 32.1. The minimum absolute atomic E-state index is 0.229. The van der Waals surface area contributed by atoms with Crippen molar-refractivity contribution in [2.45, 2.75) is 25.9 Å². The molecular formula is C13H19N3O2S. The number of rotatable bonds is 5. The molecule has 2 aromatic heterocycles. The van der Waals surface area contributed by atoms with Crippen molar-refractivity contribution in [2.24, 2.45) is 5.73 Å². The number of aromatic nitrogens is 2. The van der Waals surface area contributed by atoms with Crippen molar-refractivity contribution < 1.29 is 9.47 Å². The maximum atomic E-state index is 6.36. The lowest BCUT2D eigenvalue weighted by molar-refractivity contribution is 0.400. The van der Waals surface area contributed by atoms with E-state index in [1.54, 1.807) is 31.8 Å². The van der Waals surface area contributed by atoms with Crippen LogP contribution in [-0.2, 0) is 0 Å². The van der Waals surface area contributed by atoms with Gasteiger partial charge in [-0.15, -0.1) is 11.3 Å². The molecule has 0 fully saturated rings. The van der Waals surface area contributed by atoms with Gasteiger partial charge in [0.1, 0.15) is 11.4 Å². The highest BCUT2D eigenvalue weighted by Crippen LogP contribution is 2.34. The zero-order chi connectivity index (χ0) is 14.0. The number of nitrogens with zero attached hydrogens (tertiary/aromatic N) is 2. The lowest BCUT2D eigenvalue weighted by Gasteiger charge is -2.16. The summed E-state index contributed by atoms with van der Waals surface area (Å²) >= 11 is 1.57. The van der Waals surface area contributed by atoms with Crippen molar-refractivity contribution in [3.05, 3.63) is 28.2 Å². The Balaban J connectivity index is 2.41. The molecule has 0 radical (unpaired) electrons. The number of hydrogen-bond donors (Lipinski definition) is 1. The predicted molar refractivity (Wildman–Crippen MR) is 76.1 cm³/mol. The molecule has 0 aromatic carbocycles. The van der Waals surface area contributed by atoms with Gasteiger partial charge in [0.15, 0.2) is 5.75 Å². The van der Waals surface area contributed by atoms with Crippen LogP contribution < -0.4 is 15.2 Å². The molecule has 0 aliphatic rings. The molecule has 0 aliphatic heterocycles. The monoisotopic (exact) mass is 281 g/mol. The van der Waals surface area contributed by atoms with Gasteiger partial charge >= 0.3 is 0 Å². The van der Waals surface area contributed by atoms with Crippen LogP contribution in [-0.4, -0.2) is 24.0 Å². The van der Waals surface area contributed by atoms with E-state index in [0.29, 0.717) is 5.75 Å². The Hall–Kier alpha value is -1.53. The van der Waals surface area contributed by atoms with Gasteiger partial charge in [-0.3, -0.25) is 4.68 Å². The first-order valence-electron chi connectivity index (χ1n) is 6.07. The van der Waals surface area contributed by atoms with Crippen LogP contribution in [0, 0.1) is 0 Å². The number of thiophene rings is 1. The highest BCUT2D eigenvalue weighted by molar-refractivity contribution is 7.10. The van der Waals surface area contributed by atoms with Gasteiger partial charge in [-0.2, -0.15) is 5.10 Å². The minimum atomic E-state index is -0.270. The van der Waals surface area contributed by atoms with E-state index in [0.717, 1.165) is 16.3 Å². The van der Waals surface area contributed by atoms with Gasteiger partial charge in [-0.25, -0.2) is 0 Å². The first-order valence-corrected chi connectivity index (χ1v) is 6.95. The SMILES string of the molecule is COc1csc(C(N)c2c(OC)cnn2C(C)C)c1. The van der Waals surface area contributed by atoms with Crippen LogP contribution in [0.25, 0.3) is 0 Å². The van der Waals surface area contributed by atoms with Gasteiger partial charge in [-0.05, 0) is 19.9 Å². The number of hydrogen-bond acceptors (Lipinski definition) is 5. The molecule has 2 N–H and O–H groups in total. The molecule has 0 spiro atoms. The lowest BCUT2D eigenvalue weighted by atomic mass is 10.1. The van der Waals surface area contributed by atoms with Gasteiger partial charge in [0.25, 0.3) is 0 Å². The zero-order valence-electron chi connectivity index (χ0n) is 11.6. The van der Waals surface area contributed by atoms with Gasteiger partial charge in [0.05, 0.1) is 26.5 Å². The first kappa shape index (κ1) is 13.9. The third-order valence-corrected chi connectivity index (χ3v) is 3.93. The van der Waals surface area contributed by atoms with Crippen molar-refractivity contribution >= 4 is 11.3 Å². The maximum absolute atomic E-state index is 6.36. The molecule has 6 heteroatoms. The fraction of sp³-hybridized carbons (Fsp3) is 0.462. The number of ether oxygens (including phenoxy) is 2. The lowest BCUT2D eigenvalue weighted by Crippen LogP contribution is -2.18. The molecule has 1 atom stereocenters. The van der Waals surface area contributed by atoms with Crippen molar-refractivity contribution in [1.29, 1.82) is 0 Å². The van der Waals surface area contributed by atoms with E-state index < -0.39 is 0 Å². The highest BCUT2D eigenvalue weighted by Gasteiger charge is 2.23. The first-order chi connectivity index (χ1) is 9.08. The summed E-state index contributed by atoms with van der Waals surface area (Å²) in [6.07, 6.45) is 1.71. The molecule has 0 bridgehead atoms. The average molecular weight is 281 g/mol. The number of nitrogens with two attached hydrogens (primary N) is 1. The molecule has 0 saturated heterocycles. The van der Waals surface area contributed by atoms with Crippen molar-refractivity contribution in [3.63, 3.8) is 0 Å². The van der Waals surface area contributed by atoms with E-state index in [-0.39, 0.29) is 12.1 Å². The normalized spacial score (nSPS) is 12.7. The molecular weight excluding hydrogens is 262 g/mol. The zero-order valence-corrected chi connectivity index (χ0v) is 12.4. The van der Waals surface area contributed by atoms with Gasteiger partial charge in [0.2, 0.25) is 0 Å². The van der Waals surface area contributed by atoms with E-state index in [1.807, 2.05) is 16.1 Å². The second kappa shape index (κ2) is 5.63. The van der Waals surface area contributed by atoms with Gasteiger partial charge < -0.3 is 15.2 Å². The Morgan fingerprint density at radius 3 is 2.58 bits per heavy atom. The third kappa shape index (κ3) is 2.59. The molecule has 19 heavy (non-hydrogen) atoms. The smallest absolute Gasteiger partial charge is 0.161 e. The Morgan fingerprint density at radius 1 is 1.32 bits per heavy atom. The van der Waals surface area contributed by atoms with Crippen LogP contribution in [0.3, 0.4) is 0 Å².